The summed E-state index contributed by atoms with van der Waals surface area (Å²) < 4.78 is 41.4. The summed E-state index contributed by atoms with van der Waals surface area (Å²) in [4.78, 5) is 41.0. The maximum absolute atomic E-state index is 13.5. The minimum absolute atomic E-state index is 0.0470. The average molecular weight is 507 g/mol. The van der Waals surface area contributed by atoms with E-state index in [0.717, 1.165) is 36.8 Å². The number of aromatic nitrogens is 2. The van der Waals surface area contributed by atoms with Gasteiger partial charge in [-0.25, -0.2) is 9.48 Å². The highest BCUT2D eigenvalue weighted by atomic mass is 19.4. The fraction of sp³-hybridized carbons (Fsp3) is 0.500. The number of halogens is 3. The Bertz CT molecular complexity index is 1070. The lowest BCUT2D eigenvalue weighted by Crippen LogP contribution is -2.48. The molecule has 2 aliphatic rings. The van der Waals surface area contributed by atoms with Gasteiger partial charge in [-0.3, -0.25) is 9.59 Å². The third-order valence-electron chi connectivity index (χ3n) is 6.48. The van der Waals surface area contributed by atoms with Gasteiger partial charge >= 0.3 is 12.2 Å². The van der Waals surface area contributed by atoms with E-state index in [2.05, 4.69) is 15.7 Å². The Morgan fingerprint density at radius 3 is 2.19 bits per heavy atom. The van der Waals surface area contributed by atoms with Crippen LogP contribution in [0.3, 0.4) is 0 Å². The van der Waals surface area contributed by atoms with Crippen molar-refractivity contribution in [1.29, 1.82) is 0 Å². The molecule has 3 heterocycles. The van der Waals surface area contributed by atoms with Crippen LogP contribution in [0.15, 0.2) is 36.5 Å². The zero-order valence-electron chi connectivity index (χ0n) is 19.8. The molecule has 0 radical (unpaired) electrons. The number of amides is 4. The van der Waals surface area contributed by atoms with Crippen molar-refractivity contribution in [2.75, 3.05) is 39.3 Å². The van der Waals surface area contributed by atoms with Crippen LogP contribution in [0.25, 0.3) is 5.69 Å². The Morgan fingerprint density at radius 1 is 0.917 bits per heavy atom. The number of rotatable bonds is 6. The molecule has 1 aromatic carbocycles. The molecule has 0 aliphatic carbocycles. The van der Waals surface area contributed by atoms with Crippen molar-refractivity contribution in [3.8, 4) is 5.69 Å². The molecule has 2 saturated heterocycles. The van der Waals surface area contributed by atoms with Crippen LogP contribution in [-0.2, 0) is 11.0 Å². The van der Waals surface area contributed by atoms with Crippen LogP contribution >= 0.6 is 0 Å². The zero-order valence-corrected chi connectivity index (χ0v) is 19.8. The van der Waals surface area contributed by atoms with Crippen LogP contribution in [0.1, 0.15) is 41.7 Å². The van der Waals surface area contributed by atoms with Crippen LogP contribution in [-0.4, -0.2) is 76.7 Å². The molecular formula is C24H29F3N6O3. The van der Waals surface area contributed by atoms with Crippen LogP contribution in [0.4, 0.5) is 18.0 Å². The molecule has 9 nitrogen and oxygen atoms in total. The number of nitrogens with zero attached hydrogens (tertiary/aromatic N) is 4. The number of para-hydroxylation sites is 1. The molecule has 1 aromatic heterocycles. The third-order valence-corrected chi connectivity index (χ3v) is 6.48. The number of benzene rings is 1. The average Bonchev–Trinajstić information content (AvgIpc) is 3.57. The van der Waals surface area contributed by atoms with Crippen molar-refractivity contribution in [2.24, 2.45) is 5.92 Å². The van der Waals surface area contributed by atoms with Gasteiger partial charge in [-0.05, 0) is 37.8 Å². The van der Waals surface area contributed by atoms with Crippen LogP contribution in [0.2, 0.25) is 0 Å². The summed E-state index contributed by atoms with van der Waals surface area (Å²) >= 11 is 0. The highest BCUT2D eigenvalue weighted by Gasteiger charge is 2.39. The molecule has 0 saturated carbocycles. The van der Waals surface area contributed by atoms with Crippen molar-refractivity contribution in [2.45, 2.75) is 31.9 Å². The Balaban J connectivity index is 1.24. The molecule has 2 aliphatic heterocycles. The van der Waals surface area contributed by atoms with Crippen LogP contribution in [0, 0.1) is 5.92 Å². The fourth-order valence-corrected chi connectivity index (χ4v) is 4.54. The van der Waals surface area contributed by atoms with E-state index in [-0.39, 0.29) is 30.9 Å². The van der Waals surface area contributed by atoms with Crippen molar-refractivity contribution in [3.63, 3.8) is 0 Å². The van der Waals surface area contributed by atoms with Crippen molar-refractivity contribution in [1.82, 2.24) is 30.2 Å². The summed E-state index contributed by atoms with van der Waals surface area (Å²) in [5, 5.41) is 8.64. The maximum atomic E-state index is 13.5. The van der Waals surface area contributed by atoms with Gasteiger partial charge in [0.1, 0.15) is 0 Å². The number of urea groups is 1. The predicted molar refractivity (Wildman–Crippen MR) is 124 cm³/mol. The number of piperidine rings is 1. The Morgan fingerprint density at radius 2 is 1.56 bits per heavy atom. The molecular weight excluding hydrogens is 477 g/mol. The van der Waals surface area contributed by atoms with Gasteiger partial charge in [-0.1, -0.05) is 18.2 Å². The molecule has 2 fully saturated rings. The highest BCUT2D eigenvalue weighted by molar-refractivity contribution is 5.95. The molecule has 2 aromatic rings. The molecule has 4 rings (SSSR count). The van der Waals surface area contributed by atoms with E-state index < -0.39 is 23.3 Å². The number of carbonyl (C=O) groups is 3. The molecule has 12 heteroatoms. The minimum Gasteiger partial charge on any atom is -0.350 e. The van der Waals surface area contributed by atoms with Gasteiger partial charge in [-0.15, -0.1) is 0 Å². The van der Waals surface area contributed by atoms with E-state index in [1.165, 1.54) is 0 Å². The van der Waals surface area contributed by atoms with E-state index in [9.17, 15) is 27.6 Å². The number of likely N-dealkylation sites (tertiary alicyclic amines) is 2. The second-order valence-corrected chi connectivity index (χ2v) is 8.95. The number of alkyl halides is 3. The first kappa shape index (κ1) is 25.5. The zero-order chi connectivity index (χ0) is 25.7. The molecule has 0 atom stereocenters. The number of carbonyl (C=O) groups excluding carboxylic acids is 3. The molecule has 2 N–H and O–H groups in total. The summed E-state index contributed by atoms with van der Waals surface area (Å²) in [6.45, 7) is 2.52. The number of hydrogen-bond acceptors (Lipinski definition) is 4. The maximum Gasteiger partial charge on any atom is 0.435 e. The van der Waals surface area contributed by atoms with Gasteiger partial charge in [0.2, 0.25) is 5.91 Å². The molecule has 36 heavy (non-hydrogen) atoms. The van der Waals surface area contributed by atoms with Gasteiger partial charge in [0.15, 0.2) is 5.69 Å². The van der Waals surface area contributed by atoms with Crippen molar-refractivity contribution >= 4 is 17.8 Å². The van der Waals surface area contributed by atoms with Crippen molar-refractivity contribution in [3.05, 3.63) is 47.8 Å². The summed E-state index contributed by atoms with van der Waals surface area (Å²) in [5.41, 5.74) is -1.48. The van der Waals surface area contributed by atoms with E-state index in [1.807, 2.05) is 4.90 Å². The number of hydrogen-bond donors (Lipinski definition) is 2. The first-order valence-electron chi connectivity index (χ1n) is 12.1. The normalized spacial score (nSPS) is 16.8. The Labute approximate surface area is 206 Å². The predicted octanol–water partition coefficient (Wildman–Crippen LogP) is 2.66. The lowest BCUT2D eigenvalue weighted by atomic mass is 9.95. The first-order chi connectivity index (χ1) is 17.2. The van der Waals surface area contributed by atoms with Crippen LogP contribution < -0.4 is 10.6 Å². The Hall–Kier alpha value is -3.57. The van der Waals surface area contributed by atoms with Gasteiger partial charge in [0.25, 0.3) is 5.91 Å². The lowest BCUT2D eigenvalue weighted by molar-refractivity contribution is -0.141. The van der Waals surface area contributed by atoms with E-state index >= 15 is 0 Å². The van der Waals surface area contributed by atoms with Crippen LogP contribution in [0.5, 0.6) is 0 Å². The molecule has 0 bridgehead atoms. The summed E-state index contributed by atoms with van der Waals surface area (Å²) in [6.07, 6.45) is -0.480. The van der Waals surface area contributed by atoms with Crippen molar-refractivity contribution < 1.29 is 27.6 Å². The first-order valence-corrected chi connectivity index (χ1v) is 12.1. The van der Waals surface area contributed by atoms with Gasteiger partial charge in [0, 0.05) is 51.4 Å². The monoisotopic (exact) mass is 506 g/mol. The fourth-order valence-electron chi connectivity index (χ4n) is 4.54. The molecule has 4 amide bonds. The van der Waals surface area contributed by atoms with E-state index in [4.69, 9.17) is 0 Å². The second kappa shape index (κ2) is 11.0. The van der Waals surface area contributed by atoms with E-state index in [1.54, 1.807) is 35.2 Å². The second-order valence-electron chi connectivity index (χ2n) is 8.95. The third kappa shape index (κ3) is 5.97. The standard InChI is InChI=1S/C24H29F3N6O3/c25-24(26,27)20-19(16-33(30-20)18-6-2-1-3-7-18)21(34)28-10-11-29-23(36)32-14-8-17(9-15-32)22(35)31-12-4-5-13-31/h1-3,6-7,16-17H,4-5,8-15H2,(H,28,34)(H,29,36). The lowest BCUT2D eigenvalue weighted by Gasteiger charge is -2.33. The summed E-state index contributed by atoms with van der Waals surface area (Å²) in [6, 6.07) is 7.85. The molecule has 0 spiro atoms. The van der Waals surface area contributed by atoms with Gasteiger partial charge in [0.05, 0.1) is 11.3 Å². The molecule has 0 unspecified atom stereocenters. The largest absolute Gasteiger partial charge is 0.435 e. The minimum atomic E-state index is -4.80. The van der Waals surface area contributed by atoms with Gasteiger partial charge in [-0.2, -0.15) is 18.3 Å². The summed E-state index contributed by atoms with van der Waals surface area (Å²) in [5.74, 6) is -0.824. The highest BCUT2D eigenvalue weighted by Crippen LogP contribution is 2.31. The molecule has 194 valence electrons. The Kier molecular flexibility index (Phi) is 7.80. The topological polar surface area (TPSA) is 99.6 Å². The number of nitrogens with one attached hydrogen (secondary N) is 2. The SMILES string of the molecule is O=C(NCCNC(=O)N1CCC(C(=O)N2CCCC2)CC1)c1cn(-c2ccccc2)nc1C(F)(F)F. The smallest absolute Gasteiger partial charge is 0.350 e. The summed E-state index contributed by atoms with van der Waals surface area (Å²) in [7, 11) is 0. The quantitative estimate of drug-likeness (QED) is 0.589. The van der Waals surface area contributed by atoms with E-state index in [0.29, 0.717) is 31.6 Å². The van der Waals surface area contributed by atoms with Gasteiger partial charge < -0.3 is 20.4 Å².